The molecule has 0 amide bonds. The van der Waals surface area contributed by atoms with Crippen molar-refractivity contribution in [2.75, 3.05) is 0 Å². The summed E-state index contributed by atoms with van der Waals surface area (Å²) in [4.78, 5) is 16.7. The third-order valence-electron chi connectivity index (χ3n) is 3.38. The highest BCUT2D eigenvalue weighted by molar-refractivity contribution is 5.99. The van der Waals surface area contributed by atoms with Crippen molar-refractivity contribution in [3.05, 3.63) is 53.2 Å². The molecule has 18 heavy (non-hydrogen) atoms. The standard InChI is InChI=1S/C14H14N2O2/c15-8-10-4-6-12(18-10)14(17)11-5-3-9-2-1-7-16-13(9)11/h1-2,4,6-7,11H,3,5,8,15H2. The monoisotopic (exact) mass is 242 g/mol. The number of pyridine rings is 1. The van der Waals surface area contributed by atoms with E-state index in [1.165, 1.54) is 5.56 Å². The fraction of sp³-hybridized carbons (Fsp3) is 0.286. The molecule has 1 atom stereocenters. The van der Waals surface area contributed by atoms with Crippen molar-refractivity contribution in [1.82, 2.24) is 4.98 Å². The second-order valence-electron chi connectivity index (χ2n) is 4.47. The van der Waals surface area contributed by atoms with Gasteiger partial charge in [-0.05, 0) is 36.6 Å². The van der Waals surface area contributed by atoms with Crippen LogP contribution in [-0.2, 0) is 13.0 Å². The Morgan fingerprint density at radius 2 is 2.33 bits per heavy atom. The van der Waals surface area contributed by atoms with Crippen LogP contribution in [0, 0.1) is 0 Å². The number of carbonyl (C=O) groups excluding carboxylic acids is 1. The highest BCUT2D eigenvalue weighted by Gasteiger charge is 2.31. The first kappa shape index (κ1) is 11.2. The Kier molecular flexibility index (Phi) is 2.72. The fourth-order valence-electron chi connectivity index (χ4n) is 2.46. The van der Waals surface area contributed by atoms with Crippen molar-refractivity contribution in [2.45, 2.75) is 25.3 Å². The van der Waals surface area contributed by atoms with Gasteiger partial charge in [0.15, 0.2) is 5.76 Å². The Labute approximate surface area is 105 Å². The lowest BCUT2D eigenvalue weighted by Gasteiger charge is -2.07. The molecule has 4 heteroatoms. The summed E-state index contributed by atoms with van der Waals surface area (Å²) in [6.07, 6.45) is 3.45. The molecule has 4 nitrogen and oxygen atoms in total. The predicted molar refractivity (Wildman–Crippen MR) is 66.2 cm³/mol. The van der Waals surface area contributed by atoms with Crippen LogP contribution in [0.5, 0.6) is 0 Å². The summed E-state index contributed by atoms with van der Waals surface area (Å²) in [6, 6.07) is 7.39. The molecular weight excluding hydrogens is 228 g/mol. The number of Topliss-reactive ketones (excluding diaryl/α,β-unsaturated/α-hetero) is 1. The lowest BCUT2D eigenvalue weighted by Crippen LogP contribution is -2.10. The first-order valence-electron chi connectivity index (χ1n) is 6.06. The Morgan fingerprint density at radius 1 is 1.44 bits per heavy atom. The SMILES string of the molecule is NCc1ccc(C(=O)C2CCc3cccnc32)o1. The van der Waals surface area contributed by atoms with E-state index in [1.807, 2.05) is 12.1 Å². The first-order valence-corrected chi connectivity index (χ1v) is 6.06. The zero-order valence-corrected chi connectivity index (χ0v) is 9.93. The highest BCUT2D eigenvalue weighted by atomic mass is 16.3. The van der Waals surface area contributed by atoms with Gasteiger partial charge in [-0.1, -0.05) is 6.07 Å². The van der Waals surface area contributed by atoms with Gasteiger partial charge in [0.2, 0.25) is 5.78 Å². The predicted octanol–water partition coefficient (Wildman–Crippen LogP) is 2.05. The van der Waals surface area contributed by atoms with E-state index < -0.39 is 0 Å². The van der Waals surface area contributed by atoms with Crippen molar-refractivity contribution >= 4 is 5.78 Å². The van der Waals surface area contributed by atoms with Gasteiger partial charge < -0.3 is 10.2 Å². The van der Waals surface area contributed by atoms with E-state index in [2.05, 4.69) is 4.98 Å². The van der Waals surface area contributed by atoms with Crippen molar-refractivity contribution in [1.29, 1.82) is 0 Å². The number of aromatic nitrogens is 1. The molecule has 0 saturated carbocycles. The molecule has 0 aromatic carbocycles. The van der Waals surface area contributed by atoms with Gasteiger partial charge in [0, 0.05) is 6.20 Å². The van der Waals surface area contributed by atoms with Gasteiger partial charge in [0.25, 0.3) is 0 Å². The van der Waals surface area contributed by atoms with Crippen LogP contribution in [0.1, 0.15) is 39.9 Å². The maximum Gasteiger partial charge on any atom is 0.207 e. The van der Waals surface area contributed by atoms with Crippen LogP contribution < -0.4 is 5.73 Å². The molecule has 2 heterocycles. The summed E-state index contributed by atoms with van der Waals surface area (Å²) < 4.78 is 5.42. The van der Waals surface area contributed by atoms with Crippen LogP contribution in [0.4, 0.5) is 0 Å². The third-order valence-corrected chi connectivity index (χ3v) is 3.38. The molecule has 3 rings (SSSR count). The lowest BCUT2D eigenvalue weighted by molar-refractivity contribution is 0.0929. The normalized spacial score (nSPS) is 17.7. The molecule has 2 aromatic rings. The molecule has 2 aromatic heterocycles. The van der Waals surface area contributed by atoms with Gasteiger partial charge in [-0.2, -0.15) is 0 Å². The number of nitrogens with zero attached hydrogens (tertiary/aromatic N) is 1. The Morgan fingerprint density at radius 3 is 3.11 bits per heavy atom. The van der Waals surface area contributed by atoms with E-state index >= 15 is 0 Å². The van der Waals surface area contributed by atoms with Crippen molar-refractivity contribution in [3.63, 3.8) is 0 Å². The summed E-state index contributed by atoms with van der Waals surface area (Å²) in [5.41, 5.74) is 7.54. The maximum absolute atomic E-state index is 12.4. The number of fused-ring (bicyclic) bond motifs is 1. The molecule has 0 aliphatic heterocycles. The van der Waals surface area contributed by atoms with E-state index in [1.54, 1.807) is 18.3 Å². The number of hydrogen-bond acceptors (Lipinski definition) is 4. The van der Waals surface area contributed by atoms with E-state index in [0.717, 1.165) is 18.5 Å². The maximum atomic E-state index is 12.4. The second-order valence-corrected chi connectivity index (χ2v) is 4.47. The van der Waals surface area contributed by atoms with Crippen LogP contribution in [-0.4, -0.2) is 10.8 Å². The Hall–Kier alpha value is -1.94. The van der Waals surface area contributed by atoms with Gasteiger partial charge in [0.1, 0.15) is 5.76 Å². The molecule has 0 radical (unpaired) electrons. The van der Waals surface area contributed by atoms with Gasteiger partial charge in [-0.3, -0.25) is 9.78 Å². The number of carbonyl (C=O) groups is 1. The summed E-state index contributed by atoms with van der Waals surface area (Å²) in [5.74, 6) is 0.863. The molecule has 0 saturated heterocycles. The average Bonchev–Trinajstić information content (AvgIpc) is 3.04. The number of ketones is 1. The molecule has 1 unspecified atom stereocenters. The quantitative estimate of drug-likeness (QED) is 0.836. The van der Waals surface area contributed by atoms with Crippen molar-refractivity contribution in [3.8, 4) is 0 Å². The van der Waals surface area contributed by atoms with Crippen LogP contribution in [0.2, 0.25) is 0 Å². The van der Waals surface area contributed by atoms with Crippen LogP contribution in [0.15, 0.2) is 34.9 Å². The number of aryl methyl sites for hydroxylation is 1. The van der Waals surface area contributed by atoms with E-state index in [0.29, 0.717) is 18.1 Å². The summed E-state index contributed by atoms with van der Waals surface area (Å²) in [6.45, 7) is 0.312. The van der Waals surface area contributed by atoms with Crippen LogP contribution >= 0.6 is 0 Å². The smallest absolute Gasteiger partial charge is 0.207 e. The van der Waals surface area contributed by atoms with Gasteiger partial charge in [-0.15, -0.1) is 0 Å². The van der Waals surface area contributed by atoms with Gasteiger partial charge in [-0.25, -0.2) is 0 Å². The Balaban J connectivity index is 1.90. The van der Waals surface area contributed by atoms with Gasteiger partial charge >= 0.3 is 0 Å². The minimum Gasteiger partial charge on any atom is -0.457 e. The lowest BCUT2D eigenvalue weighted by atomic mass is 9.99. The van der Waals surface area contributed by atoms with E-state index in [4.69, 9.17) is 10.2 Å². The molecule has 1 aliphatic rings. The summed E-state index contributed by atoms with van der Waals surface area (Å²) in [5, 5.41) is 0. The molecule has 92 valence electrons. The van der Waals surface area contributed by atoms with Crippen LogP contribution in [0.25, 0.3) is 0 Å². The van der Waals surface area contributed by atoms with E-state index in [9.17, 15) is 4.79 Å². The summed E-state index contributed by atoms with van der Waals surface area (Å²) >= 11 is 0. The number of hydrogen-bond donors (Lipinski definition) is 1. The molecule has 2 N–H and O–H groups in total. The minimum atomic E-state index is -0.169. The second kappa shape index (κ2) is 4.38. The van der Waals surface area contributed by atoms with Crippen molar-refractivity contribution in [2.24, 2.45) is 5.73 Å². The number of furan rings is 1. The first-order chi connectivity index (χ1) is 8.79. The highest BCUT2D eigenvalue weighted by Crippen LogP contribution is 2.33. The minimum absolute atomic E-state index is 0.00662. The number of rotatable bonds is 3. The topological polar surface area (TPSA) is 69.1 Å². The Bertz CT molecular complexity index is 589. The molecule has 1 aliphatic carbocycles. The summed E-state index contributed by atoms with van der Waals surface area (Å²) in [7, 11) is 0. The molecule has 0 bridgehead atoms. The van der Waals surface area contributed by atoms with Gasteiger partial charge in [0.05, 0.1) is 18.2 Å². The third kappa shape index (κ3) is 1.75. The fourth-order valence-corrected chi connectivity index (χ4v) is 2.46. The van der Waals surface area contributed by atoms with E-state index in [-0.39, 0.29) is 11.7 Å². The molecule has 0 spiro atoms. The largest absolute Gasteiger partial charge is 0.457 e. The average molecular weight is 242 g/mol. The number of nitrogens with two attached hydrogens (primary N) is 1. The van der Waals surface area contributed by atoms with Crippen LogP contribution in [0.3, 0.4) is 0 Å². The zero-order valence-electron chi connectivity index (χ0n) is 9.93. The zero-order chi connectivity index (χ0) is 12.5. The molecule has 0 fully saturated rings. The molecular formula is C14H14N2O2. The van der Waals surface area contributed by atoms with Crippen molar-refractivity contribution < 1.29 is 9.21 Å².